The van der Waals surface area contributed by atoms with Gasteiger partial charge in [0.05, 0.1) is 7.11 Å². The molecular formula is C13H16ClNO4. The number of benzene rings is 1. The van der Waals surface area contributed by atoms with Gasteiger partial charge in [0.1, 0.15) is 12.6 Å². The number of halogens is 1. The molecule has 0 aliphatic heterocycles. The van der Waals surface area contributed by atoms with Gasteiger partial charge < -0.3 is 14.8 Å². The van der Waals surface area contributed by atoms with Gasteiger partial charge in [-0.2, -0.15) is 0 Å². The predicted octanol–water partition coefficient (Wildman–Crippen LogP) is 2.08. The number of amides is 1. The fourth-order valence-electron chi connectivity index (χ4n) is 1.41. The van der Waals surface area contributed by atoms with E-state index in [4.69, 9.17) is 16.3 Å². The number of hydrogen-bond donors (Lipinski definition) is 1. The van der Waals surface area contributed by atoms with Gasteiger partial charge in [-0.25, -0.2) is 9.59 Å². The van der Waals surface area contributed by atoms with Crippen LogP contribution in [-0.4, -0.2) is 31.1 Å². The number of esters is 1. The first-order valence-corrected chi connectivity index (χ1v) is 6.32. The third-order valence-electron chi connectivity index (χ3n) is 2.39. The Kier molecular flexibility index (Phi) is 6.74. The lowest BCUT2D eigenvalue weighted by molar-refractivity contribution is -0.143. The minimum absolute atomic E-state index is 0.140. The molecule has 0 spiro atoms. The molecule has 0 aliphatic carbocycles. The Balaban J connectivity index is 2.42. The summed E-state index contributed by atoms with van der Waals surface area (Å²) in [5, 5.41) is 2.42. The van der Waals surface area contributed by atoms with Gasteiger partial charge in [0.2, 0.25) is 0 Å². The highest BCUT2D eigenvalue weighted by Gasteiger charge is 2.21. The van der Waals surface area contributed by atoms with Crippen molar-refractivity contribution in [1.29, 1.82) is 0 Å². The van der Waals surface area contributed by atoms with E-state index >= 15 is 0 Å². The number of nitrogens with one attached hydrogen (secondary N) is 1. The Labute approximate surface area is 116 Å². The number of carbonyl (C=O) groups is 2. The second kappa shape index (κ2) is 8.37. The summed E-state index contributed by atoms with van der Waals surface area (Å²) in [6.07, 6.45) is -0.390. The topological polar surface area (TPSA) is 64.6 Å². The van der Waals surface area contributed by atoms with Crippen molar-refractivity contribution in [3.63, 3.8) is 0 Å². The molecule has 1 aromatic rings. The summed E-state index contributed by atoms with van der Waals surface area (Å²) < 4.78 is 9.56. The molecule has 6 heteroatoms. The molecule has 1 amide bonds. The zero-order chi connectivity index (χ0) is 14.1. The molecular weight excluding hydrogens is 270 g/mol. The van der Waals surface area contributed by atoms with Gasteiger partial charge in [0.15, 0.2) is 0 Å². The van der Waals surface area contributed by atoms with Crippen molar-refractivity contribution in [3.8, 4) is 0 Å². The van der Waals surface area contributed by atoms with Crippen LogP contribution in [0.15, 0.2) is 30.3 Å². The first kappa shape index (κ1) is 15.3. The fraction of sp³-hybridized carbons (Fsp3) is 0.385. The Hall–Kier alpha value is -1.75. The van der Waals surface area contributed by atoms with E-state index in [1.807, 2.05) is 30.3 Å². The molecule has 1 atom stereocenters. The van der Waals surface area contributed by atoms with Gasteiger partial charge in [0, 0.05) is 5.88 Å². The van der Waals surface area contributed by atoms with Crippen LogP contribution in [0.1, 0.15) is 12.0 Å². The fourth-order valence-corrected chi connectivity index (χ4v) is 1.63. The monoisotopic (exact) mass is 285 g/mol. The van der Waals surface area contributed by atoms with Crippen LogP contribution >= 0.6 is 11.6 Å². The Morgan fingerprint density at radius 3 is 2.58 bits per heavy atom. The van der Waals surface area contributed by atoms with Crippen LogP contribution in [0.4, 0.5) is 4.79 Å². The van der Waals surface area contributed by atoms with Crippen LogP contribution in [0.3, 0.4) is 0 Å². The maximum absolute atomic E-state index is 11.5. The van der Waals surface area contributed by atoms with Crippen LogP contribution in [-0.2, 0) is 20.9 Å². The summed E-state index contributed by atoms with van der Waals surface area (Å²) in [5.74, 6) is -0.309. The first-order chi connectivity index (χ1) is 9.17. The Morgan fingerprint density at radius 2 is 2.00 bits per heavy atom. The van der Waals surface area contributed by atoms with Crippen molar-refractivity contribution < 1.29 is 19.1 Å². The average Bonchev–Trinajstić information content (AvgIpc) is 2.45. The van der Waals surface area contributed by atoms with Gasteiger partial charge in [-0.15, -0.1) is 11.6 Å². The quantitative estimate of drug-likeness (QED) is 0.642. The highest BCUT2D eigenvalue weighted by atomic mass is 35.5. The highest BCUT2D eigenvalue weighted by molar-refractivity contribution is 6.18. The van der Waals surface area contributed by atoms with Crippen molar-refractivity contribution >= 4 is 23.7 Å². The number of ether oxygens (including phenoxy) is 2. The maximum Gasteiger partial charge on any atom is 0.408 e. The van der Waals surface area contributed by atoms with Crippen LogP contribution in [0.25, 0.3) is 0 Å². The number of carbonyl (C=O) groups excluding carboxylic acids is 2. The summed E-state index contributed by atoms with van der Waals surface area (Å²) in [6.45, 7) is 0.140. The molecule has 19 heavy (non-hydrogen) atoms. The minimum atomic E-state index is -0.786. The molecule has 0 saturated heterocycles. The second-order valence-corrected chi connectivity index (χ2v) is 4.14. The van der Waals surface area contributed by atoms with Crippen LogP contribution < -0.4 is 5.32 Å². The van der Waals surface area contributed by atoms with Crippen molar-refractivity contribution in [3.05, 3.63) is 35.9 Å². The molecule has 104 valence electrons. The van der Waals surface area contributed by atoms with Gasteiger partial charge in [-0.1, -0.05) is 30.3 Å². The Bertz CT molecular complexity index is 410. The van der Waals surface area contributed by atoms with E-state index in [1.54, 1.807) is 0 Å². The van der Waals surface area contributed by atoms with E-state index in [1.165, 1.54) is 7.11 Å². The third kappa shape index (κ3) is 5.61. The first-order valence-electron chi connectivity index (χ1n) is 5.78. The smallest absolute Gasteiger partial charge is 0.408 e. The van der Waals surface area contributed by atoms with Gasteiger partial charge in [0.25, 0.3) is 0 Å². The molecule has 1 aromatic carbocycles. The van der Waals surface area contributed by atoms with Gasteiger partial charge in [-0.05, 0) is 12.0 Å². The van der Waals surface area contributed by atoms with E-state index in [-0.39, 0.29) is 18.9 Å². The van der Waals surface area contributed by atoms with Gasteiger partial charge in [-0.3, -0.25) is 0 Å². The van der Waals surface area contributed by atoms with Crippen molar-refractivity contribution in [2.75, 3.05) is 13.0 Å². The highest BCUT2D eigenvalue weighted by Crippen LogP contribution is 2.02. The van der Waals surface area contributed by atoms with Crippen LogP contribution in [0, 0.1) is 0 Å². The lowest BCUT2D eigenvalue weighted by atomic mass is 10.2. The molecule has 0 saturated carbocycles. The summed E-state index contributed by atoms with van der Waals surface area (Å²) in [5.41, 5.74) is 0.865. The normalized spacial score (nSPS) is 11.5. The van der Waals surface area contributed by atoms with Crippen molar-refractivity contribution in [2.45, 2.75) is 19.1 Å². The lowest BCUT2D eigenvalue weighted by Crippen LogP contribution is -2.42. The van der Waals surface area contributed by atoms with Crippen LogP contribution in [0.2, 0.25) is 0 Å². The van der Waals surface area contributed by atoms with E-state index in [2.05, 4.69) is 10.1 Å². The number of rotatable bonds is 6. The molecule has 1 rings (SSSR count). The third-order valence-corrected chi connectivity index (χ3v) is 2.61. The average molecular weight is 286 g/mol. The molecule has 0 fully saturated rings. The summed E-state index contributed by atoms with van der Waals surface area (Å²) in [6, 6.07) is 8.46. The largest absolute Gasteiger partial charge is 0.467 e. The summed E-state index contributed by atoms with van der Waals surface area (Å²) in [7, 11) is 1.25. The molecule has 1 N–H and O–H groups in total. The molecule has 0 aliphatic rings. The second-order valence-electron chi connectivity index (χ2n) is 3.76. The molecule has 0 radical (unpaired) electrons. The van der Waals surface area contributed by atoms with Gasteiger partial charge >= 0.3 is 12.1 Å². The van der Waals surface area contributed by atoms with Crippen molar-refractivity contribution in [1.82, 2.24) is 5.32 Å². The zero-order valence-electron chi connectivity index (χ0n) is 10.6. The molecule has 0 unspecified atom stereocenters. The van der Waals surface area contributed by atoms with E-state index in [0.29, 0.717) is 0 Å². The minimum Gasteiger partial charge on any atom is -0.467 e. The SMILES string of the molecule is COC(=O)[C@H](CCCl)NC(=O)OCc1ccccc1. The van der Waals surface area contributed by atoms with Crippen molar-refractivity contribution in [2.24, 2.45) is 0 Å². The summed E-state index contributed by atoms with van der Waals surface area (Å²) in [4.78, 5) is 22.9. The Morgan fingerprint density at radius 1 is 1.32 bits per heavy atom. The van der Waals surface area contributed by atoms with E-state index < -0.39 is 18.1 Å². The number of alkyl carbamates (subject to hydrolysis) is 1. The number of alkyl halides is 1. The molecule has 0 heterocycles. The van der Waals surface area contributed by atoms with E-state index in [0.717, 1.165) is 5.56 Å². The molecule has 0 bridgehead atoms. The zero-order valence-corrected chi connectivity index (χ0v) is 11.4. The van der Waals surface area contributed by atoms with Crippen LogP contribution in [0.5, 0.6) is 0 Å². The number of methoxy groups -OCH3 is 1. The molecule has 0 aromatic heterocycles. The standard InChI is InChI=1S/C13H16ClNO4/c1-18-12(16)11(7-8-14)15-13(17)19-9-10-5-3-2-4-6-10/h2-6,11H,7-9H2,1H3,(H,15,17)/t11-/m0/s1. The summed E-state index contributed by atoms with van der Waals surface area (Å²) >= 11 is 5.55. The maximum atomic E-state index is 11.5. The molecule has 5 nitrogen and oxygen atoms in total. The van der Waals surface area contributed by atoms with E-state index in [9.17, 15) is 9.59 Å². The number of hydrogen-bond acceptors (Lipinski definition) is 4. The predicted molar refractivity (Wildman–Crippen MR) is 70.9 cm³/mol. The lowest BCUT2D eigenvalue weighted by Gasteiger charge is -2.15.